The van der Waals surface area contributed by atoms with Crippen molar-refractivity contribution >= 4 is 12.6 Å². The maximum absolute atomic E-state index is 9.07. The Labute approximate surface area is 89.6 Å². The molecule has 0 amide bonds. The third-order valence-corrected chi connectivity index (χ3v) is 2.28. The van der Waals surface area contributed by atoms with Gasteiger partial charge in [-0.2, -0.15) is 0 Å². The molecule has 0 aliphatic rings. The summed E-state index contributed by atoms with van der Waals surface area (Å²) < 4.78 is 10.3. The maximum atomic E-state index is 9.07. The summed E-state index contributed by atoms with van der Waals surface area (Å²) in [6.45, 7) is 1.98. The van der Waals surface area contributed by atoms with Gasteiger partial charge in [-0.3, -0.25) is 0 Å². The third kappa shape index (κ3) is 2.43. The van der Waals surface area contributed by atoms with E-state index < -0.39 is 7.12 Å². The van der Waals surface area contributed by atoms with Gasteiger partial charge in [-0.15, -0.1) is 0 Å². The molecule has 1 aromatic carbocycles. The Morgan fingerprint density at radius 2 is 1.60 bits per heavy atom. The predicted octanol–water partition coefficient (Wildman–Crippen LogP) is -0.0540. The minimum atomic E-state index is -1.52. The first-order chi connectivity index (χ1) is 7.13. The predicted molar refractivity (Wildman–Crippen MR) is 58.7 cm³/mol. The van der Waals surface area contributed by atoms with Crippen LogP contribution >= 0.6 is 0 Å². The molecule has 0 saturated carbocycles. The SMILES string of the molecule is CCc1c(OC)cc(B(O)O)cc1OC. The van der Waals surface area contributed by atoms with Crippen LogP contribution in [0, 0.1) is 0 Å². The van der Waals surface area contributed by atoms with Gasteiger partial charge in [0.1, 0.15) is 11.5 Å². The lowest BCUT2D eigenvalue weighted by Gasteiger charge is -2.13. The second-order valence-electron chi connectivity index (χ2n) is 3.13. The van der Waals surface area contributed by atoms with Crippen LogP contribution in [-0.4, -0.2) is 31.4 Å². The Morgan fingerprint density at radius 3 is 1.87 bits per heavy atom. The van der Waals surface area contributed by atoms with E-state index >= 15 is 0 Å². The van der Waals surface area contributed by atoms with Crippen molar-refractivity contribution in [1.82, 2.24) is 0 Å². The molecule has 82 valence electrons. The van der Waals surface area contributed by atoms with E-state index in [-0.39, 0.29) is 0 Å². The van der Waals surface area contributed by atoms with Gasteiger partial charge in [-0.05, 0) is 24.0 Å². The third-order valence-electron chi connectivity index (χ3n) is 2.28. The van der Waals surface area contributed by atoms with Crippen LogP contribution in [0.4, 0.5) is 0 Å². The largest absolute Gasteiger partial charge is 0.496 e. The lowest BCUT2D eigenvalue weighted by Crippen LogP contribution is -2.30. The van der Waals surface area contributed by atoms with E-state index in [1.807, 2.05) is 6.92 Å². The zero-order chi connectivity index (χ0) is 11.4. The lowest BCUT2D eigenvalue weighted by atomic mass is 9.79. The molecule has 0 bridgehead atoms. The molecule has 0 atom stereocenters. The first-order valence-electron chi connectivity index (χ1n) is 4.75. The van der Waals surface area contributed by atoms with Gasteiger partial charge >= 0.3 is 7.12 Å². The Bertz CT molecular complexity index is 313. The lowest BCUT2D eigenvalue weighted by molar-refractivity contribution is 0.385. The highest BCUT2D eigenvalue weighted by Gasteiger charge is 2.17. The number of hydrogen-bond donors (Lipinski definition) is 2. The van der Waals surface area contributed by atoms with Crippen molar-refractivity contribution in [3.05, 3.63) is 17.7 Å². The van der Waals surface area contributed by atoms with Crippen LogP contribution in [0.1, 0.15) is 12.5 Å². The van der Waals surface area contributed by atoms with Gasteiger partial charge in [-0.1, -0.05) is 6.92 Å². The summed E-state index contributed by atoms with van der Waals surface area (Å²) in [4.78, 5) is 0. The van der Waals surface area contributed by atoms with Crippen molar-refractivity contribution in [2.24, 2.45) is 0 Å². The summed E-state index contributed by atoms with van der Waals surface area (Å²) >= 11 is 0. The highest BCUT2D eigenvalue weighted by Crippen LogP contribution is 2.27. The molecular formula is C10H15BO4. The van der Waals surface area contributed by atoms with E-state index in [0.29, 0.717) is 17.0 Å². The van der Waals surface area contributed by atoms with Crippen molar-refractivity contribution in [3.63, 3.8) is 0 Å². The highest BCUT2D eigenvalue weighted by molar-refractivity contribution is 6.58. The number of hydrogen-bond acceptors (Lipinski definition) is 4. The fourth-order valence-corrected chi connectivity index (χ4v) is 1.50. The summed E-state index contributed by atoms with van der Waals surface area (Å²) in [5, 5.41) is 18.1. The molecule has 1 aromatic rings. The van der Waals surface area contributed by atoms with E-state index in [4.69, 9.17) is 19.5 Å². The zero-order valence-corrected chi connectivity index (χ0v) is 9.15. The molecule has 0 fully saturated rings. The second-order valence-corrected chi connectivity index (χ2v) is 3.13. The zero-order valence-electron chi connectivity index (χ0n) is 9.15. The van der Waals surface area contributed by atoms with Gasteiger partial charge in [0.25, 0.3) is 0 Å². The molecule has 2 N–H and O–H groups in total. The van der Waals surface area contributed by atoms with Crippen LogP contribution in [0.15, 0.2) is 12.1 Å². The van der Waals surface area contributed by atoms with Crippen LogP contribution < -0.4 is 14.9 Å². The first-order valence-corrected chi connectivity index (χ1v) is 4.75. The van der Waals surface area contributed by atoms with E-state index in [1.165, 1.54) is 0 Å². The summed E-state index contributed by atoms with van der Waals surface area (Å²) in [7, 11) is 1.57. The summed E-state index contributed by atoms with van der Waals surface area (Å²) in [6.07, 6.45) is 0.758. The number of benzene rings is 1. The summed E-state index contributed by atoms with van der Waals surface area (Å²) in [6, 6.07) is 3.21. The van der Waals surface area contributed by atoms with Gasteiger partial charge < -0.3 is 19.5 Å². The number of ether oxygens (including phenoxy) is 2. The molecule has 15 heavy (non-hydrogen) atoms. The van der Waals surface area contributed by atoms with Gasteiger partial charge in [0.2, 0.25) is 0 Å². The van der Waals surface area contributed by atoms with Gasteiger partial charge in [0, 0.05) is 5.56 Å². The molecule has 0 radical (unpaired) electrons. The minimum absolute atomic E-state index is 0.362. The Hall–Kier alpha value is -1.20. The van der Waals surface area contributed by atoms with E-state index in [1.54, 1.807) is 26.4 Å². The molecule has 0 aliphatic carbocycles. The fraction of sp³-hybridized carbons (Fsp3) is 0.400. The van der Waals surface area contributed by atoms with Crippen LogP contribution in [0.5, 0.6) is 11.5 Å². The monoisotopic (exact) mass is 210 g/mol. The molecule has 0 spiro atoms. The molecule has 0 aromatic heterocycles. The Kier molecular flexibility index (Phi) is 4.00. The summed E-state index contributed by atoms with van der Waals surface area (Å²) in [5.41, 5.74) is 1.28. The highest BCUT2D eigenvalue weighted by atomic mass is 16.5. The summed E-state index contributed by atoms with van der Waals surface area (Å²) in [5.74, 6) is 1.22. The maximum Gasteiger partial charge on any atom is 0.488 e. The number of methoxy groups -OCH3 is 2. The smallest absolute Gasteiger partial charge is 0.488 e. The van der Waals surface area contributed by atoms with Gasteiger partial charge in [-0.25, -0.2) is 0 Å². The van der Waals surface area contributed by atoms with Crippen molar-refractivity contribution in [3.8, 4) is 11.5 Å². The van der Waals surface area contributed by atoms with Crippen LogP contribution in [-0.2, 0) is 6.42 Å². The first kappa shape index (κ1) is 11.9. The van der Waals surface area contributed by atoms with Gasteiger partial charge in [0.05, 0.1) is 14.2 Å². The minimum Gasteiger partial charge on any atom is -0.496 e. The van der Waals surface area contributed by atoms with Crippen LogP contribution in [0.3, 0.4) is 0 Å². The van der Waals surface area contributed by atoms with Crippen LogP contribution in [0.2, 0.25) is 0 Å². The molecular weight excluding hydrogens is 195 g/mol. The molecule has 0 aliphatic heterocycles. The topological polar surface area (TPSA) is 58.9 Å². The van der Waals surface area contributed by atoms with Crippen molar-refractivity contribution in [2.45, 2.75) is 13.3 Å². The molecule has 0 unspecified atom stereocenters. The average Bonchev–Trinajstić information content (AvgIpc) is 2.26. The van der Waals surface area contributed by atoms with Crippen molar-refractivity contribution in [1.29, 1.82) is 0 Å². The van der Waals surface area contributed by atoms with Gasteiger partial charge in [0.15, 0.2) is 0 Å². The average molecular weight is 210 g/mol. The molecule has 5 heteroatoms. The van der Waals surface area contributed by atoms with Crippen molar-refractivity contribution < 1.29 is 19.5 Å². The second kappa shape index (κ2) is 5.05. The van der Waals surface area contributed by atoms with E-state index in [9.17, 15) is 0 Å². The van der Waals surface area contributed by atoms with Crippen molar-refractivity contribution in [2.75, 3.05) is 14.2 Å². The standard InChI is InChI=1S/C10H15BO4/c1-4-8-9(14-2)5-7(11(12)13)6-10(8)15-3/h5-6,12-13H,4H2,1-3H3. The molecule has 4 nitrogen and oxygen atoms in total. The number of rotatable bonds is 4. The molecule has 1 rings (SSSR count). The molecule has 0 heterocycles. The fourth-order valence-electron chi connectivity index (χ4n) is 1.50. The quantitative estimate of drug-likeness (QED) is 0.684. The Balaban J connectivity index is 3.29. The van der Waals surface area contributed by atoms with Crippen LogP contribution in [0.25, 0.3) is 0 Å². The van der Waals surface area contributed by atoms with E-state index in [0.717, 1.165) is 12.0 Å². The normalized spacial score (nSPS) is 9.93. The Morgan fingerprint density at radius 1 is 1.13 bits per heavy atom. The molecule has 0 saturated heterocycles. The van der Waals surface area contributed by atoms with E-state index in [2.05, 4.69) is 0 Å².